The number of hydrogen-bond acceptors (Lipinski definition) is 5. The van der Waals surface area contributed by atoms with Gasteiger partial charge in [-0.05, 0) is 35.7 Å². The van der Waals surface area contributed by atoms with Crippen LogP contribution in [0.2, 0.25) is 0 Å². The molecule has 20 heavy (non-hydrogen) atoms. The van der Waals surface area contributed by atoms with E-state index in [-0.39, 0.29) is 0 Å². The van der Waals surface area contributed by atoms with Gasteiger partial charge >= 0.3 is 0 Å². The quantitative estimate of drug-likeness (QED) is 0.627. The van der Waals surface area contributed by atoms with Crippen LogP contribution in [0.4, 0.5) is 0 Å². The van der Waals surface area contributed by atoms with E-state index in [1.165, 1.54) is 11.1 Å². The highest BCUT2D eigenvalue weighted by atomic mass is 32.2. The van der Waals surface area contributed by atoms with E-state index in [4.69, 9.17) is 0 Å². The highest BCUT2D eigenvalue weighted by Crippen LogP contribution is 2.19. The summed E-state index contributed by atoms with van der Waals surface area (Å²) in [6.07, 6.45) is 1.23. The van der Waals surface area contributed by atoms with Gasteiger partial charge in [-0.15, -0.1) is 23.1 Å². The van der Waals surface area contributed by atoms with Crippen LogP contribution < -0.4 is 5.32 Å². The number of thioether (sulfide) groups is 1. The molecule has 1 aromatic heterocycles. The summed E-state index contributed by atoms with van der Waals surface area (Å²) >= 11 is 3.48. The fraction of sp³-hybridized carbons (Fsp3) is 0.286. The van der Waals surface area contributed by atoms with Gasteiger partial charge < -0.3 is 5.32 Å². The van der Waals surface area contributed by atoms with Crippen molar-refractivity contribution < 1.29 is 8.42 Å². The number of thiophene rings is 1. The average Bonchev–Trinajstić information content (AvgIpc) is 2.91. The number of nitrogens with one attached hydrogen (secondary N) is 1. The normalized spacial score (nSPS) is 11.7. The molecule has 108 valence electrons. The van der Waals surface area contributed by atoms with Gasteiger partial charge in [0.2, 0.25) is 0 Å². The molecule has 0 saturated carbocycles. The Labute approximate surface area is 128 Å². The maximum Gasteiger partial charge on any atom is 0.175 e. The van der Waals surface area contributed by atoms with Crippen LogP contribution in [0.25, 0.3) is 0 Å². The number of hydrogen-bond donors (Lipinski definition) is 1. The molecule has 0 radical (unpaired) electrons. The molecule has 2 rings (SSSR count). The molecule has 6 heteroatoms. The maximum atomic E-state index is 11.3. The summed E-state index contributed by atoms with van der Waals surface area (Å²) in [5.74, 6) is 0.962. The molecule has 0 aliphatic carbocycles. The van der Waals surface area contributed by atoms with Gasteiger partial charge in [-0.3, -0.25) is 0 Å². The topological polar surface area (TPSA) is 46.2 Å². The van der Waals surface area contributed by atoms with Crippen LogP contribution in [0.1, 0.15) is 4.88 Å². The van der Waals surface area contributed by atoms with E-state index in [0.717, 1.165) is 23.7 Å². The van der Waals surface area contributed by atoms with Crippen molar-refractivity contribution in [3.8, 4) is 0 Å². The Morgan fingerprint density at radius 3 is 2.55 bits per heavy atom. The molecule has 2 aromatic rings. The summed E-state index contributed by atoms with van der Waals surface area (Å²) < 4.78 is 22.7. The lowest BCUT2D eigenvalue weighted by Crippen LogP contribution is -2.15. The van der Waals surface area contributed by atoms with Gasteiger partial charge in [0.15, 0.2) is 9.84 Å². The molecule has 0 saturated heterocycles. The van der Waals surface area contributed by atoms with Crippen LogP contribution >= 0.6 is 23.1 Å². The maximum absolute atomic E-state index is 11.3. The molecule has 0 bridgehead atoms. The summed E-state index contributed by atoms with van der Waals surface area (Å²) in [5, 5.41) is 5.47. The lowest BCUT2D eigenvalue weighted by molar-refractivity contribution is 0.602. The van der Waals surface area contributed by atoms with Crippen molar-refractivity contribution in [3.63, 3.8) is 0 Å². The van der Waals surface area contributed by atoms with E-state index >= 15 is 0 Å². The predicted molar refractivity (Wildman–Crippen MR) is 86.3 cm³/mol. The SMILES string of the molecule is CS(=O)(=O)c1ccc(SCCNCc2cccs2)cc1. The third-order valence-corrected chi connectivity index (χ3v) is 5.70. The van der Waals surface area contributed by atoms with Gasteiger partial charge in [-0.1, -0.05) is 6.07 Å². The smallest absolute Gasteiger partial charge is 0.175 e. The van der Waals surface area contributed by atoms with Crippen molar-refractivity contribution >= 4 is 32.9 Å². The molecular weight excluding hydrogens is 310 g/mol. The van der Waals surface area contributed by atoms with Crippen molar-refractivity contribution in [2.45, 2.75) is 16.3 Å². The minimum atomic E-state index is -3.09. The first-order chi connectivity index (χ1) is 9.55. The van der Waals surface area contributed by atoms with Crippen LogP contribution in [0, 0.1) is 0 Å². The van der Waals surface area contributed by atoms with E-state index in [0.29, 0.717) is 4.90 Å². The largest absolute Gasteiger partial charge is 0.311 e. The van der Waals surface area contributed by atoms with E-state index in [9.17, 15) is 8.42 Å². The molecular formula is C14H17NO2S3. The monoisotopic (exact) mass is 327 g/mol. The fourth-order valence-electron chi connectivity index (χ4n) is 1.65. The Hall–Kier alpha value is -0.820. The molecule has 0 aliphatic rings. The molecule has 1 heterocycles. The lowest BCUT2D eigenvalue weighted by Gasteiger charge is -2.04. The second-order valence-electron chi connectivity index (χ2n) is 4.35. The highest BCUT2D eigenvalue weighted by Gasteiger charge is 2.05. The summed E-state index contributed by atoms with van der Waals surface area (Å²) in [7, 11) is -3.09. The molecule has 0 fully saturated rings. The third kappa shape index (κ3) is 4.94. The molecule has 1 aromatic carbocycles. The Morgan fingerprint density at radius 2 is 1.95 bits per heavy atom. The van der Waals surface area contributed by atoms with Crippen LogP contribution in [0.15, 0.2) is 51.6 Å². The first-order valence-corrected chi connectivity index (χ1v) is 9.97. The van der Waals surface area contributed by atoms with Crippen LogP contribution in [0.5, 0.6) is 0 Å². The van der Waals surface area contributed by atoms with Crippen LogP contribution in [-0.4, -0.2) is 27.0 Å². The number of benzene rings is 1. The third-order valence-electron chi connectivity index (χ3n) is 2.68. The Balaban J connectivity index is 1.72. The van der Waals surface area contributed by atoms with Crippen molar-refractivity contribution in [1.29, 1.82) is 0 Å². The summed E-state index contributed by atoms with van der Waals surface area (Å²) in [5.41, 5.74) is 0. The average molecular weight is 327 g/mol. The van der Waals surface area contributed by atoms with Crippen molar-refractivity contribution in [1.82, 2.24) is 5.32 Å². The minimum Gasteiger partial charge on any atom is -0.311 e. The minimum absolute atomic E-state index is 0.373. The summed E-state index contributed by atoms with van der Waals surface area (Å²) in [6.45, 7) is 1.83. The second-order valence-corrected chi connectivity index (χ2v) is 8.56. The van der Waals surface area contributed by atoms with Gasteiger partial charge in [0.1, 0.15) is 0 Å². The van der Waals surface area contributed by atoms with Gasteiger partial charge in [0.05, 0.1) is 4.90 Å². The fourth-order valence-corrected chi connectivity index (χ4v) is 3.76. The summed E-state index contributed by atoms with van der Waals surface area (Å²) in [4.78, 5) is 2.81. The standard InChI is InChI=1S/C14H17NO2S3/c1-20(16,17)14-6-4-12(5-7-14)19-10-8-15-11-13-3-2-9-18-13/h2-7,9,15H,8,10-11H2,1H3. The Bertz CT molecular complexity index is 619. The van der Waals surface area contributed by atoms with Gasteiger partial charge in [0, 0.05) is 34.9 Å². The predicted octanol–water partition coefficient (Wildman–Crippen LogP) is 3.03. The molecule has 3 nitrogen and oxygen atoms in total. The van der Waals surface area contributed by atoms with Crippen molar-refractivity contribution in [2.75, 3.05) is 18.6 Å². The Kier molecular flexibility index (Phi) is 5.65. The lowest BCUT2D eigenvalue weighted by atomic mass is 10.4. The molecule has 0 unspecified atom stereocenters. The van der Waals surface area contributed by atoms with Crippen LogP contribution in [0.3, 0.4) is 0 Å². The van der Waals surface area contributed by atoms with Crippen molar-refractivity contribution in [3.05, 3.63) is 46.7 Å². The van der Waals surface area contributed by atoms with E-state index in [2.05, 4.69) is 22.8 Å². The summed E-state index contributed by atoms with van der Waals surface area (Å²) in [6, 6.07) is 11.2. The zero-order chi connectivity index (χ0) is 14.4. The molecule has 0 amide bonds. The first-order valence-electron chi connectivity index (χ1n) is 6.22. The van der Waals surface area contributed by atoms with E-state index < -0.39 is 9.84 Å². The Morgan fingerprint density at radius 1 is 1.20 bits per heavy atom. The zero-order valence-corrected chi connectivity index (χ0v) is 13.7. The highest BCUT2D eigenvalue weighted by molar-refractivity contribution is 7.99. The van der Waals surface area contributed by atoms with Crippen LogP contribution in [-0.2, 0) is 16.4 Å². The number of sulfone groups is 1. The first kappa shape index (κ1) is 15.6. The van der Waals surface area contributed by atoms with Gasteiger partial charge in [-0.2, -0.15) is 0 Å². The van der Waals surface area contributed by atoms with Crippen molar-refractivity contribution in [2.24, 2.45) is 0 Å². The van der Waals surface area contributed by atoms with E-state index in [1.807, 2.05) is 12.1 Å². The molecule has 1 N–H and O–H groups in total. The zero-order valence-electron chi connectivity index (χ0n) is 11.2. The second kappa shape index (κ2) is 7.26. The van der Waals surface area contributed by atoms with Gasteiger partial charge in [-0.25, -0.2) is 8.42 Å². The van der Waals surface area contributed by atoms with Gasteiger partial charge in [0.25, 0.3) is 0 Å². The molecule has 0 spiro atoms. The van der Waals surface area contributed by atoms with E-state index in [1.54, 1.807) is 35.2 Å². The molecule has 0 aliphatic heterocycles. The molecule has 0 atom stereocenters. The number of rotatable bonds is 7.